The Labute approximate surface area is 191 Å². The molecule has 0 spiro atoms. The fourth-order valence-corrected chi connectivity index (χ4v) is 3.94. The van der Waals surface area contributed by atoms with Gasteiger partial charge in [0.15, 0.2) is 0 Å². The van der Waals surface area contributed by atoms with Gasteiger partial charge < -0.3 is 20.7 Å². The third-order valence-electron chi connectivity index (χ3n) is 5.47. The summed E-state index contributed by atoms with van der Waals surface area (Å²) in [6.07, 6.45) is 2.71. The van der Waals surface area contributed by atoms with E-state index >= 15 is 0 Å². The molecule has 0 saturated heterocycles. The summed E-state index contributed by atoms with van der Waals surface area (Å²) in [5.74, 6) is 0. The molecule has 0 heterocycles. The van der Waals surface area contributed by atoms with Gasteiger partial charge in [-0.25, -0.2) is 4.79 Å². The topological polar surface area (TPSA) is 67.6 Å². The van der Waals surface area contributed by atoms with Gasteiger partial charge in [-0.3, -0.25) is 0 Å². The first-order valence-corrected chi connectivity index (χ1v) is 11.7. The summed E-state index contributed by atoms with van der Waals surface area (Å²) in [6, 6.07) is 19.0. The van der Waals surface area contributed by atoms with Crippen LogP contribution in [-0.2, 0) is 11.3 Å². The molecule has 0 aliphatic heterocycles. The number of fused-ring (bicyclic) bond motifs is 2. The van der Waals surface area contributed by atoms with E-state index in [-0.39, 0.29) is 6.09 Å². The molecule has 3 rings (SSSR count). The van der Waals surface area contributed by atoms with Crippen LogP contribution in [0.15, 0.2) is 54.6 Å². The lowest BCUT2D eigenvalue weighted by Crippen LogP contribution is -2.38. The van der Waals surface area contributed by atoms with Gasteiger partial charge in [-0.15, -0.1) is 0 Å². The highest BCUT2D eigenvalue weighted by molar-refractivity contribution is 6.02. The van der Waals surface area contributed by atoms with Gasteiger partial charge >= 0.3 is 6.09 Å². The predicted octanol–water partition coefficient (Wildman–Crippen LogP) is 5.45. The molecule has 0 unspecified atom stereocenters. The number of benzene rings is 3. The van der Waals surface area contributed by atoms with Crippen molar-refractivity contribution in [2.24, 2.45) is 5.73 Å². The smallest absolute Gasteiger partial charge is 0.410 e. The molecular weight excluding hydrogens is 398 g/mol. The number of rotatable bonds is 10. The number of amides is 1. The minimum atomic E-state index is -0.531. The Morgan fingerprint density at radius 2 is 1.53 bits per heavy atom. The molecule has 3 N–H and O–H groups in total. The Morgan fingerprint density at radius 1 is 0.938 bits per heavy atom. The van der Waals surface area contributed by atoms with E-state index in [2.05, 4.69) is 59.9 Å². The minimum absolute atomic E-state index is 0.266. The predicted molar refractivity (Wildman–Crippen MR) is 134 cm³/mol. The van der Waals surface area contributed by atoms with Crippen molar-refractivity contribution in [3.8, 4) is 0 Å². The maximum absolute atomic E-state index is 13.1. The monoisotopic (exact) mass is 435 g/mol. The Balaban J connectivity index is 1.83. The summed E-state index contributed by atoms with van der Waals surface area (Å²) in [6.45, 7) is 9.44. The molecule has 0 aliphatic rings. The van der Waals surface area contributed by atoms with Crippen LogP contribution in [0.3, 0.4) is 0 Å². The summed E-state index contributed by atoms with van der Waals surface area (Å²) >= 11 is 0. The van der Waals surface area contributed by atoms with Crippen molar-refractivity contribution in [2.75, 3.05) is 26.2 Å². The number of nitrogens with zero attached hydrogens (tertiary/aromatic N) is 1. The molecule has 172 valence electrons. The Kier molecular flexibility index (Phi) is 8.48. The molecule has 0 aliphatic carbocycles. The molecule has 3 aromatic rings. The van der Waals surface area contributed by atoms with Gasteiger partial charge in [0, 0.05) is 6.54 Å². The van der Waals surface area contributed by atoms with Crippen LogP contribution in [-0.4, -0.2) is 42.8 Å². The molecule has 0 saturated carbocycles. The number of unbranched alkanes of at least 4 members (excludes halogenated alkanes) is 1. The minimum Gasteiger partial charge on any atom is -0.444 e. The largest absolute Gasteiger partial charge is 0.444 e. The molecule has 0 atom stereocenters. The van der Waals surface area contributed by atoms with E-state index < -0.39 is 5.60 Å². The lowest BCUT2D eigenvalue weighted by Gasteiger charge is -2.28. The van der Waals surface area contributed by atoms with E-state index in [4.69, 9.17) is 10.5 Å². The fraction of sp³-hybridized carbons (Fsp3) is 0.444. The number of hydrogen-bond acceptors (Lipinski definition) is 4. The van der Waals surface area contributed by atoms with E-state index in [1.165, 1.54) is 27.1 Å². The van der Waals surface area contributed by atoms with Gasteiger partial charge in [-0.05, 0) is 92.8 Å². The van der Waals surface area contributed by atoms with E-state index in [0.29, 0.717) is 13.1 Å². The van der Waals surface area contributed by atoms with Crippen LogP contribution in [0.5, 0.6) is 0 Å². The molecule has 0 fully saturated rings. The van der Waals surface area contributed by atoms with E-state index in [9.17, 15) is 4.79 Å². The number of nitrogens with two attached hydrogens (primary N) is 1. The van der Waals surface area contributed by atoms with Gasteiger partial charge in [0.05, 0.1) is 6.54 Å². The van der Waals surface area contributed by atoms with Gasteiger partial charge in [-0.2, -0.15) is 0 Å². The van der Waals surface area contributed by atoms with Crippen molar-refractivity contribution in [1.82, 2.24) is 10.2 Å². The lowest BCUT2D eigenvalue weighted by atomic mass is 9.96. The molecular formula is C27H37N3O2. The number of nitrogens with one attached hydrogen (secondary N) is 1. The molecule has 3 aromatic carbocycles. The quantitative estimate of drug-likeness (QED) is 0.328. The first-order chi connectivity index (χ1) is 15.4. The van der Waals surface area contributed by atoms with Crippen molar-refractivity contribution in [3.63, 3.8) is 0 Å². The SMILES string of the molecule is CC(C)(C)OC(=O)N(CCCNCCCCN)Cc1c2ccccc2cc2ccccc12. The molecule has 0 radical (unpaired) electrons. The second-order valence-corrected chi connectivity index (χ2v) is 9.30. The van der Waals surface area contributed by atoms with Gasteiger partial charge in [0.1, 0.15) is 5.60 Å². The molecule has 0 aromatic heterocycles. The second-order valence-electron chi connectivity index (χ2n) is 9.30. The number of carbonyl (C=O) groups excluding carboxylic acids is 1. The van der Waals surface area contributed by atoms with E-state index in [1.54, 1.807) is 0 Å². The fourth-order valence-electron chi connectivity index (χ4n) is 3.94. The van der Waals surface area contributed by atoms with Crippen LogP contribution in [0.25, 0.3) is 21.5 Å². The highest BCUT2D eigenvalue weighted by atomic mass is 16.6. The van der Waals surface area contributed by atoms with Crippen molar-refractivity contribution >= 4 is 27.6 Å². The second kappa shape index (κ2) is 11.3. The molecule has 32 heavy (non-hydrogen) atoms. The highest BCUT2D eigenvalue weighted by Gasteiger charge is 2.23. The first-order valence-electron chi connectivity index (χ1n) is 11.7. The normalized spacial score (nSPS) is 11.8. The molecule has 5 nitrogen and oxygen atoms in total. The number of hydrogen-bond donors (Lipinski definition) is 2. The number of carbonyl (C=O) groups is 1. The maximum atomic E-state index is 13.1. The van der Waals surface area contributed by atoms with Gasteiger partial charge in [0.2, 0.25) is 0 Å². The van der Waals surface area contributed by atoms with Crippen LogP contribution < -0.4 is 11.1 Å². The van der Waals surface area contributed by atoms with Gasteiger partial charge in [-0.1, -0.05) is 48.5 Å². The molecule has 0 bridgehead atoms. The maximum Gasteiger partial charge on any atom is 0.410 e. The standard InChI is InChI=1S/C27H37N3O2/c1-27(2,3)32-26(31)30(18-10-17-29-16-9-8-15-28)20-25-23-13-6-4-11-21(23)19-22-12-5-7-14-24(22)25/h4-7,11-14,19,29H,8-10,15-18,20,28H2,1-3H3. The summed E-state index contributed by atoms with van der Waals surface area (Å²) < 4.78 is 5.76. The zero-order valence-electron chi connectivity index (χ0n) is 19.7. The van der Waals surface area contributed by atoms with E-state index in [0.717, 1.165) is 38.9 Å². The summed E-state index contributed by atoms with van der Waals surface area (Å²) in [7, 11) is 0. The third kappa shape index (κ3) is 6.68. The summed E-state index contributed by atoms with van der Waals surface area (Å²) in [4.78, 5) is 15.0. The Morgan fingerprint density at radius 3 is 2.12 bits per heavy atom. The Hall–Kier alpha value is -2.63. The van der Waals surface area contributed by atoms with Gasteiger partial charge in [0.25, 0.3) is 0 Å². The van der Waals surface area contributed by atoms with Crippen LogP contribution in [0, 0.1) is 0 Å². The van der Waals surface area contributed by atoms with Crippen LogP contribution in [0.1, 0.15) is 45.6 Å². The average molecular weight is 436 g/mol. The van der Waals surface area contributed by atoms with E-state index in [1.807, 2.05) is 25.7 Å². The lowest BCUT2D eigenvalue weighted by molar-refractivity contribution is 0.0233. The van der Waals surface area contributed by atoms with Crippen molar-refractivity contribution in [2.45, 2.75) is 52.2 Å². The Bertz CT molecular complexity index is 972. The van der Waals surface area contributed by atoms with Crippen LogP contribution >= 0.6 is 0 Å². The summed E-state index contributed by atoms with van der Waals surface area (Å²) in [5.41, 5.74) is 6.20. The molecule has 5 heteroatoms. The van der Waals surface area contributed by atoms with Crippen molar-refractivity contribution < 1.29 is 9.53 Å². The zero-order valence-corrected chi connectivity index (χ0v) is 19.7. The highest BCUT2D eigenvalue weighted by Crippen LogP contribution is 2.30. The number of ether oxygens (including phenoxy) is 1. The van der Waals surface area contributed by atoms with Crippen LogP contribution in [0.2, 0.25) is 0 Å². The first kappa shape index (κ1) is 24.0. The van der Waals surface area contributed by atoms with Crippen molar-refractivity contribution in [1.29, 1.82) is 0 Å². The van der Waals surface area contributed by atoms with Crippen molar-refractivity contribution in [3.05, 3.63) is 60.2 Å². The molecule has 1 amide bonds. The summed E-state index contributed by atoms with van der Waals surface area (Å²) in [5, 5.41) is 8.19. The van der Waals surface area contributed by atoms with Crippen LogP contribution in [0.4, 0.5) is 4.79 Å². The zero-order chi connectivity index (χ0) is 23.0. The average Bonchev–Trinajstić information content (AvgIpc) is 2.76. The third-order valence-corrected chi connectivity index (χ3v) is 5.47.